The monoisotopic (exact) mass is 745 g/mol. The molecule has 15 nitrogen and oxygen atoms in total. The lowest BCUT2D eigenvalue weighted by Gasteiger charge is -2.61. The summed E-state index contributed by atoms with van der Waals surface area (Å²) < 4.78 is 44.4. The molecule has 15 heteroatoms. The predicted molar refractivity (Wildman–Crippen MR) is 185 cm³/mol. The summed E-state index contributed by atoms with van der Waals surface area (Å²) in [4.78, 5) is 66.9. The lowest BCUT2D eigenvalue weighted by Crippen LogP contribution is -2.74. The second-order valence-electron chi connectivity index (χ2n) is 16.0. The molecular weight excluding hydrogens is 694 g/mol. The normalized spacial score (nSPS) is 25.4. The summed E-state index contributed by atoms with van der Waals surface area (Å²) in [6.45, 7) is 13.9. The average Bonchev–Trinajstić information content (AvgIpc) is 3.39. The zero-order chi connectivity index (χ0) is 39.1. The van der Waals surface area contributed by atoms with Gasteiger partial charge in [0.2, 0.25) is 6.10 Å². The van der Waals surface area contributed by atoms with E-state index < -0.39 is 77.2 Å². The van der Waals surface area contributed by atoms with Crippen LogP contribution in [0.2, 0.25) is 0 Å². The first-order valence-corrected chi connectivity index (χ1v) is 18.0. The highest BCUT2D eigenvalue weighted by molar-refractivity contribution is 5.86. The Bertz CT molecular complexity index is 1660. The Morgan fingerprint density at radius 3 is 2.32 bits per heavy atom. The van der Waals surface area contributed by atoms with Gasteiger partial charge in [0.25, 0.3) is 0 Å². The van der Waals surface area contributed by atoms with Crippen molar-refractivity contribution in [2.24, 2.45) is 0 Å². The van der Waals surface area contributed by atoms with Crippen LogP contribution in [0.5, 0.6) is 11.5 Å². The summed E-state index contributed by atoms with van der Waals surface area (Å²) in [5, 5.41) is 12.6. The second-order valence-corrected chi connectivity index (χ2v) is 16.0. The Kier molecular flexibility index (Phi) is 11.1. The standard InChI is InChI=1S/C38H51NO14/c1-10-11-18-46-31(41)21(2)47-27(40)20-25(50-34(44)53-36(6,7)8)32(42)48-24-14-15-38(45)26-19-22-12-13-23(49-33(43)52-35(3,4)5)29-28(22)37(38,30(24)51-29)16-17-39(26)9/h12-14,21,25-26,30,45H,10-11,15-20H2,1-9H3/t21-,25-,26+,30-,37-,38+/m0/s1. The largest absolute Gasteiger partial charge is 0.514 e. The van der Waals surface area contributed by atoms with Crippen LogP contribution in [-0.4, -0.2) is 102 Å². The SMILES string of the molecule is CCCCOC(=O)[C@H](C)OC(=O)C[C@H](OC(=O)OC(C)(C)C)C(=O)OC1=CC[C@@]2(O)[C@H]3Cc4ccc(OC(=O)OC(C)(C)C)c5c4[C@@]2(CCN3C)[C@H]1O5. The highest BCUT2D eigenvalue weighted by Gasteiger charge is 2.72. The number of hydrogen-bond acceptors (Lipinski definition) is 15. The topological polar surface area (TPSA) is 183 Å². The molecule has 5 rings (SSSR count). The van der Waals surface area contributed by atoms with Gasteiger partial charge >= 0.3 is 30.2 Å². The number of esters is 3. The van der Waals surface area contributed by atoms with E-state index in [0.717, 1.165) is 12.0 Å². The molecule has 0 saturated carbocycles. The summed E-state index contributed by atoms with van der Waals surface area (Å²) in [6.07, 6.45) is -3.32. The van der Waals surface area contributed by atoms with E-state index in [9.17, 15) is 29.1 Å². The lowest BCUT2D eigenvalue weighted by molar-refractivity contribution is -0.176. The summed E-state index contributed by atoms with van der Waals surface area (Å²) in [6, 6.07) is 3.12. The highest BCUT2D eigenvalue weighted by atomic mass is 16.7. The molecule has 2 aliphatic carbocycles. The number of likely N-dealkylation sites (tertiary alicyclic amines) is 1. The van der Waals surface area contributed by atoms with Gasteiger partial charge in [0.05, 0.1) is 24.0 Å². The summed E-state index contributed by atoms with van der Waals surface area (Å²) in [5.74, 6) is -2.66. The number of piperidine rings is 1. The minimum atomic E-state index is -1.86. The molecule has 0 unspecified atom stereocenters. The van der Waals surface area contributed by atoms with Crippen molar-refractivity contribution < 1.29 is 67.0 Å². The van der Waals surface area contributed by atoms with Crippen molar-refractivity contribution in [1.29, 1.82) is 0 Å². The van der Waals surface area contributed by atoms with Crippen LogP contribution >= 0.6 is 0 Å². The van der Waals surface area contributed by atoms with E-state index in [1.54, 1.807) is 53.7 Å². The van der Waals surface area contributed by atoms with Crippen LogP contribution in [0.25, 0.3) is 0 Å². The smallest absolute Gasteiger partial charge is 0.477 e. The van der Waals surface area contributed by atoms with Gasteiger partial charge in [0.1, 0.15) is 17.0 Å². The van der Waals surface area contributed by atoms with Gasteiger partial charge in [-0.1, -0.05) is 19.4 Å². The molecule has 1 spiro atoms. The number of unbranched alkanes of at least 4 members (excludes halogenated alkanes) is 1. The molecule has 1 aromatic carbocycles. The van der Waals surface area contributed by atoms with E-state index in [1.165, 1.54) is 6.92 Å². The van der Waals surface area contributed by atoms with Crippen molar-refractivity contribution in [2.45, 2.75) is 140 Å². The summed E-state index contributed by atoms with van der Waals surface area (Å²) in [5.41, 5.74) is -2.79. The first kappa shape index (κ1) is 39.8. The highest BCUT2D eigenvalue weighted by Crippen LogP contribution is 2.65. The van der Waals surface area contributed by atoms with Gasteiger partial charge in [-0.05, 0) is 99.0 Å². The van der Waals surface area contributed by atoms with Crippen LogP contribution in [0.4, 0.5) is 9.59 Å². The number of ether oxygens (including phenoxy) is 8. The zero-order valence-electron chi connectivity index (χ0n) is 31.9. The fraction of sp³-hybridized carbons (Fsp3) is 0.658. The molecular formula is C38H51NO14. The molecule has 1 saturated heterocycles. The van der Waals surface area contributed by atoms with Gasteiger partial charge in [0, 0.05) is 18.0 Å². The number of carbonyl (C=O) groups is 5. The Balaban J connectivity index is 1.43. The minimum Gasteiger partial charge on any atom is -0.477 e. The van der Waals surface area contributed by atoms with Crippen molar-refractivity contribution >= 4 is 30.2 Å². The third-order valence-corrected chi connectivity index (χ3v) is 9.76. The fourth-order valence-corrected chi connectivity index (χ4v) is 7.49. The van der Waals surface area contributed by atoms with E-state index in [0.29, 0.717) is 31.4 Å². The maximum Gasteiger partial charge on any atom is 0.514 e. The van der Waals surface area contributed by atoms with Gasteiger partial charge < -0.3 is 47.9 Å². The molecule has 0 amide bonds. The fourth-order valence-electron chi connectivity index (χ4n) is 7.49. The Hall–Kier alpha value is -4.37. The van der Waals surface area contributed by atoms with Crippen molar-refractivity contribution in [3.05, 3.63) is 35.1 Å². The molecule has 1 fully saturated rings. The van der Waals surface area contributed by atoms with Crippen LogP contribution in [0.3, 0.4) is 0 Å². The number of nitrogens with zero attached hydrogens (tertiary/aromatic N) is 1. The van der Waals surface area contributed by atoms with E-state index >= 15 is 0 Å². The Morgan fingerprint density at radius 2 is 1.66 bits per heavy atom. The van der Waals surface area contributed by atoms with E-state index in [4.69, 9.17) is 37.9 Å². The Labute approximate surface area is 309 Å². The van der Waals surface area contributed by atoms with Crippen molar-refractivity contribution in [1.82, 2.24) is 4.90 Å². The van der Waals surface area contributed by atoms with Crippen molar-refractivity contribution in [3.63, 3.8) is 0 Å². The first-order chi connectivity index (χ1) is 24.7. The quantitative estimate of drug-likeness (QED) is 0.141. The Morgan fingerprint density at radius 1 is 0.981 bits per heavy atom. The maximum absolute atomic E-state index is 13.9. The van der Waals surface area contributed by atoms with E-state index in [-0.39, 0.29) is 36.3 Å². The van der Waals surface area contributed by atoms with E-state index in [2.05, 4.69) is 4.90 Å². The number of hydrogen-bond donors (Lipinski definition) is 1. The van der Waals surface area contributed by atoms with Crippen molar-refractivity contribution in [3.8, 4) is 11.5 Å². The number of rotatable bonds is 11. The van der Waals surface area contributed by atoms with Gasteiger partial charge in [0.15, 0.2) is 23.7 Å². The predicted octanol–water partition coefficient (Wildman–Crippen LogP) is 4.81. The molecule has 2 heterocycles. The molecule has 53 heavy (non-hydrogen) atoms. The van der Waals surface area contributed by atoms with Gasteiger partial charge in [-0.25, -0.2) is 19.2 Å². The summed E-state index contributed by atoms with van der Waals surface area (Å²) in [7, 11) is 1.94. The molecule has 4 aliphatic rings. The van der Waals surface area contributed by atoms with Crippen LogP contribution < -0.4 is 9.47 Å². The second kappa shape index (κ2) is 14.8. The lowest BCUT2D eigenvalue weighted by atomic mass is 9.50. The van der Waals surface area contributed by atoms with Crippen LogP contribution in [0, 0.1) is 0 Å². The van der Waals surface area contributed by atoms with Gasteiger partial charge in [-0.3, -0.25) is 4.79 Å². The molecule has 292 valence electrons. The minimum absolute atomic E-state index is 0.00859. The number of likely N-dealkylation sites (N-methyl/N-ethyl adjacent to an activating group) is 1. The number of benzene rings is 1. The number of carbonyl (C=O) groups excluding carboxylic acids is 5. The van der Waals surface area contributed by atoms with Gasteiger partial charge in [-0.15, -0.1) is 0 Å². The zero-order valence-corrected chi connectivity index (χ0v) is 31.9. The van der Waals surface area contributed by atoms with E-state index in [1.807, 2.05) is 20.0 Å². The first-order valence-electron chi connectivity index (χ1n) is 18.0. The molecule has 1 N–H and O–H groups in total. The molecule has 6 atom stereocenters. The third-order valence-electron chi connectivity index (χ3n) is 9.76. The summed E-state index contributed by atoms with van der Waals surface area (Å²) >= 11 is 0. The molecule has 1 aromatic rings. The average molecular weight is 746 g/mol. The molecule has 2 aliphatic heterocycles. The number of aliphatic hydroxyl groups is 1. The van der Waals surface area contributed by atoms with Crippen molar-refractivity contribution in [2.75, 3.05) is 20.2 Å². The van der Waals surface area contributed by atoms with Crippen LogP contribution in [-0.2, 0) is 54.6 Å². The third kappa shape index (κ3) is 8.10. The van der Waals surface area contributed by atoms with Gasteiger partial charge in [-0.2, -0.15) is 0 Å². The molecule has 0 radical (unpaired) electrons. The molecule has 0 aromatic heterocycles. The van der Waals surface area contributed by atoms with Crippen LogP contribution in [0.1, 0.15) is 98.6 Å². The maximum atomic E-state index is 13.9. The molecule has 2 bridgehead atoms. The van der Waals surface area contributed by atoms with Crippen LogP contribution in [0.15, 0.2) is 24.0 Å².